The van der Waals surface area contributed by atoms with Gasteiger partial charge in [-0.2, -0.15) is 5.10 Å². The summed E-state index contributed by atoms with van der Waals surface area (Å²) in [7, 11) is 3.55. The summed E-state index contributed by atoms with van der Waals surface area (Å²) >= 11 is 0. The number of nitrogens with zero attached hydrogens (tertiary/aromatic N) is 2. The van der Waals surface area contributed by atoms with Gasteiger partial charge in [-0.05, 0) is 18.1 Å². The number of rotatable bonds is 4. The quantitative estimate of drug-likeness (QED) is 0.873. The average molecular weight is 231 g/mol. The van der Waals surface area contributed by atoms with Crippen LogP contribution < -0.4 is 5.73 Å². The minimum Gasteiger partial charge on any atom is -0.384 e. The van der Waals surface area contributed by atoms with Gasteiger partial charge in [0.1, 0.15) is 5.82 Å². The Hall–Kier alpha value is -1.81. The summed E-state index contributed by atoms with van der Waals surface area (Å²) in [6.07, 6.45) is 0.909. The molecule has 4 heteroatoms. The summed E-state index contributed by atoms with van der Waals surface area (Å²) in [5.74, 6) is 0.669. The fourth-order valence-corrected chi connectivity index (χ4v) is 1.73. The van der Waals surface area contributed by atoms with Gasteiger partial charge in [-0.25, -0.2) is 0 Å². The second-order valence-electron chi connectivity index (χ2n) is 4.02. The van der Waals surface area contributed by atoms with Crippen LogP contribution in [0.15, 0.2) is 30.3 Å². The number of benzene rings is 1. The smallest absolute Gasteiger partial charge is 0.121 e. The molecular formula is C13H17N3O. The maximum absolute atomic E-state index is 5.78. The highest BCUT2D eigenvalue weighted by Crippen LogP contribution is 2.21. The number of aryl methyl sites for hydroxylation is 1. The molecule has 0 atom stereocenters. The summed E-state index contributed by atoms with van der Waals surface area (Å²) in [5, 5.41) is 4.36. The van der Waals surface area contributed by atoms with Crippen molar-refractivity contribution in [3.05, 3.63) is 35.9 Å². The van der Waals surface area contributed by atoms with Crippen molar-refractivity contribution in [2.75, 3.05) is 19.5 Å². The molecule has 1 aromatic heterocycles. The molecule has 0 spiro atoms. The van der Waals surface area contributed by atoms with Gasteiger partial charge in [0.15, 0.2) is 0 Å². The third-order valence-electron chi connectivity index (χ3n) is 2.73. The Labute approximate surface area is 101 Å². The van der Waals surface area contributed by atoms with Crippen LogP contribution in [0.1, 0.15) is 5.56 Å². The maximum atomic E-state index is 5.78. The first-order chi connectivity index (χ1) is 8.20. The lowest BCUT2D eigenvalue weighted by atomic mass is 10.1. The number of methoxy groups -OCH3 is 1. The highest BCUT2D eigenvalue weighted by Gasteiger charge is 2.05. The zero-order valence-corrected chi connectivity index (χ0v) is 10.2. The lowest BCUT2D eigenvalue weighted by molar-refractivity contribution is 0.202. The molecular weight excluding hydrogens is 214 g/mol. The highest BCUT2D eigenvalue weighted by molar-refractivity contribution is 5.63. The average Bonchev–Trinajstić information content (AvgIpc) is 2.68. The Kier molecular flexibility index (Phi) is 3.44. The van der Waals surface area contributed by atoms with E-state index < -0.39 is 0 Å². The number of hydrogen-bond donors (Lipinski definition) is 1. The van der Waals surface area contributed by atoms with Gasteiger partial charge in [0, 0.05) is 25.8 Å². The number of ether oxygens (including phenoxy) is 1. The molecule has 0 saturated carbocycles. The van der Waals surface area contributed by atoms with Crippen LogP contribution in [0, 0.1) is 0 Å². The lowest BCUT2D eigenvalue weighted by Crippen LogP contribution is -1.96. The van der Waals surface area contributed by atoms with Crippen LogP contribution in [0.3, 0.4) is 0 Å². The van der Waals surface area contributed by atoms with Crippen molar-refractivity contribution in [1.82, 2.24) is 9.78 Å². The Morgan fingerprint density at radius 3 is 2.82 bits per heavy atom. The van der Waals surface area contributed by atoms with E-state index in [0.29, 0.717) is 5.82 Å². The molecule has 0 fully saturated rings. The monoisotopic (exact) mass is 231 g/mol. The summed E-state index contributed by atoms with van der Waals surface area (Å²) in [6.45, 7) is 0.730. The first-order valence-electron chi connectivity index (χ1n) is 5.58. The molecule has 2 N–H and O–H groups in total. The first-order valence-corrected chi connectivity index (χ1v) is 5.58. The Morgan fingerprint density at radius 2 is 2.18 bits per heavy atom. The molecule has 2 rings (SSSR count). The molecule has 4 nitrogen and oxygen atoms in total. The van der Waals surface area contributed by atoms with E-state index in [1.54, 1.807) is 11.8 Å². The molecule has 0 radical (unpaired) electrons. The fraction of sp³-hybridized carbons (Fsp3) is 0.308. The van der Waals surface area contributed by atoms with Gasteiger partial charge >= 0.3 is 0 Å². The van der Waals surface area contributed by atoms with Crippen molar-refractivity contribution in [3.63, 3.8) is 0 Å². The minimum absolute atomic E-state index is 0.669. The normalized spacial score (nSPS) is 10.7. The predicted octanol–water partition coefficient (Wildman–Crippen LogP) is 1.86. The number of nitrogens with two attached hydrogens (primary N) is 1. The van der Waals surface area contributed by atoms with Crippen LogP contribution >= 0.6 is 0 Å². The number of anilines is 1. The van der Waals surface area contributed by atoms with E-state index in [9.17, 15) is 0 Å². The van der Waals surface area contributed by atoms with Gasteiger partial charge in [-0.3, -0.25) is 4.68 Å². The van der Waals surface area contributed by atoms with Crippen LogP contribution in [-0.2, 0) is 18.2 Å². The van der Waals surface area contributed by atoms with Crippen LogP contribution in [0.25, 0.3) is 11.3 Å². The molecule has 0 aliphatic heterocycles. The maximum Gasteiger partial charge on any atom is 0.121 e. The molecule has 0 aliphatic rings. The van der Waals surface area contributed by atoms with Crippen LogP contribution in [0.5, 0.6) is 0 Å². The second kappa shape index (κ2) is 5.01. The van der Waals surface area contributed by atoms with Crippen LogP contribution in [-0.4, -0.2) is 23.5 Å². The first kappa shape index (κ1) is 11.7. The zero-order chi connectivity index (χ0) is 12.3. The van der Waals surface area contributed by atoms with Gasteiger partial charge in [0.05, 0.1) is 12.3 Å². The van der Waals surface area contributed by atoms with Crippen molar-refractivity contribution in [2.24, 2.45) is 7.05 Å². The highest BCUT2D eigenvalue weighted by atomic mass is 16.5. The standard InChI is InChI=1S/C13H17N3O/c1-16-13(14)9-12(15-16)11-5-3-4-10(8-11)6-7-17-2/h3-5,8-9H,6-7,14H2,1-2H3. The van der Waals surface area contributed by atoms with E-state index in [0.717, 1.165) is 24.3 Å². The Bertz CT molecular complexity index is 486. The molecule has 0 aliphatic carbocycles. The van der Waals surface area contributed by atoms with E-state index in [4.69, 9.17) is 10.5 Å². The van der Waals surface area contributed by atoms with E-state index in [1.807, 2.05) is 25.2 Å². The van der Waals surface area contributed by atoms with E-state index in [-0.39, 0.29) is 0 Å². The zero-order valence-electron chi connectivity index (χ0n) is 10.2. The molecule has 1 aromatic carbocycles. The summed E-state index contributed by atoms with van der Waals surface area (Å²) in [4.78, 5) is 0. The van der Waals surface area contributed by atoms with E-state index >= 15 is 0 Å². The molecule has 90 valence electrons. The van der Waals surface area contributed by atoms with Crippen molar-refractivity contribution >= 4 is 5.82 Å². The Balaban J connectivity index is 2.26. The molecule has 2 aromatic rings. The summed E-state index contributed by atoms with van der Waals surface area (Å²) in [5.41, 5.74) is 9.02. The van der Waals surface area contributed by atoms with Gasteiger partial charge < -0.3 is 10.5 Å². The minimum atomic E-state index is 0.669. The number of hydrogen-bond acceptors (Lipinski definition) is 3. The van der Waals surface area contributed by atoms with Crippen LogP contribution in [0.2, 0.25) is 0 Å². The summed E-state index contributed by atoms with van der Waals surface area (Å²) in [6, 6.07) is 10.2. The molecule has 0 saturated heterocycles. The molecule has 17 heavy (non-hydrogen) atoms. The summed E-state index contributed by atoms with van der Waals surface area (Å²) < 4.78 is 6.75. The van der Waals surface area contributed by atoms with Gasteiger partial charge in [0.25, 0.3) is 0 Å². The largest absolute Gasteiger partial charge is 0.384 e. The number of aromatic nitrogens is 2. The molecule has 0 unspecified atom stereocenters. The van der Waals surface area contributed by atoms with Crippen molar-refractivity contribution in [2.45, 2.75) is 6.42 Å². The topological polar surface area (TPSA) is 53.1 Å². The predicted molar refractivity (Wildman–Crippen MR) is 68.6 cm³/mol. The fourth-order valence-electron chi connectivity index (χ4n) is 1.73. The van der Waals surface area contributed by atoms with Crippen molar-refractivity contribution in [3.8, 4) is 11.3 Å². The van der Waals surface area contributed by atoms with Crippen LogP contribution in [0.4, 0.5) is 5.82 Å². The van der Waals surface area contributed by atoms with Gasteiger partial charge in [0.2, 0.25) is 0 Å². The third-order valence-corrected chi connectivity index (χ3v) is 2.73. The van der Waals surface area contributed by atoms with E-state index in [1.165, 1.54) is 5.56 Å². The SMILES string of the molecule is COCCc1cccc(-c2cc(N)n(C)n2)c1. The molecule has 0 amide bonds. The van der Waals surface area contributed by atoms with Crippen molar-refractivity contribution < 1.29 is 4.74 Å². The van der Waals surface area contributed by atoms with Crippen molar-refractivity contribution in [1.29, 1.82) is 0 Å². The third kappa shape index (κ3) is 2.65. The van der Waals surface area contributed by atoms with Gasteiger partial charge in [-0.15, -0.1) is 0 Å². The Morgan fingerprint density at radius 1 is 1.35 bits per heavy atom. The molecule has 1 heterocycles. The van der Waals surface area contributed by atoms with E-state index in [2.05, 4.69) is 17.2 Å². The lowest BCUT2D eigenvalue weighted by Gasteiger charge is -2.02. The molecule has 0 bridgehead atoms. The second-order valence-corrected chi connectivity index (χ2v) is 4.02. The van der Waals surface area contributed by atoms with Gasteiger partial charge in [-0.1, -0.05) is 18.2 Å². The number of nitrogen functional groups attached to an aromatic ring is 1.